The third kappa shape index (κ3) is 3.06. The molecule has 0 aliphatic carbocycles. The summed E-state index contributed by atoms with van der Waals surface area (Å²) in [6, 6.07) is 10.5. The Morgan fingerprint density at radius 1 is 1.00 bits per heavy atom. The number of aromatic amines is 1. The third-order valence-corrected chi connectivity index (χ3v) is 4.27. The van der Waals surface area contributed by atoms with Crippen molar-refractivity contribution in [3.05, 3.63) is 73.3 Å². The Bertz CT molecular complexity index is 931. The fourth-order valence-corrected chi connectivity index (χ4v) is 2.99. The fourth-order valence-electron chi connectivity index (χ4n) is 2.40. The number of H-pyrrole nitrogens is 1. The zero-order valence-electron chi connectivity index (χ0n) is 11.5. The molecular weight excluding hydrogens is 359 g/mol. The number of hydrogen-bond acceptors (Lipinski definition) is 2. The lowest BCUT2D eigenvalue weighted by molar-refractivity contribution is -0.400. The number of rotatable bonds is 3. The second kappa shape index (κ2) is 6.24. The van der Waals surface area contributed by atoms with Crippen molar-refractivity contribution in [1.82, 2.24) is 4.98 Å². The van der Waals surface area contributed by atoms with E-state index in [1.807, 2.05) is 12.1 Å². The van der Waals surface area contributed by atoms with Crippen LogP contribution in [0, 0.1) is 10.1 Å². The van der Waals surface area contributed by atoms with Crippen LogP contribution in [0.1, 0.15) is 5.56 Å². The van der Waals surface area contributed by atoms with E-state index < -0.39 is 4.92 Å². The van der Waals surface area contributed by atoms with E-state index in [9.17, 15) is 10.1 Å². The first-order valence-electron chi connectivity index (χ1n) is 6.54. The van der Waals surface area contributed by atoms with Gasteiger partial charge in [-0.2, -0.15) is 0 Å². The molecule has 1 aromatic heterocycles. The molecule has 0 aliphatic rings. The van der Waals surface area contributed by atoms with Crippen LogP contribution in [-0.2, 0) is 0 Å². The lowest BCUT2D eigenvalue weighted by Crippen LogP contribution is -1.85. The molecule has 1 N–H and O–H groups in total. The predicted molar refractivity (Wildman–Crippen MR) is 94.8 cm³/mol. The number of aromatic nitrogens is 1. The Labute approximate surface area is 146 Å². The molecule has 0 bridgehead atoms. The Hall–Kier alpha value is -2.01. The lowest BCUT2D eigenvalue weighted by atomic mass is 10.1. The molecule has 0 fully saturated rings. The van der Waals surface area contributed by atoms with E-state index in [0.717, 1.165) is 11.8 Å². The summed E-state index contributed by atoms with van der Waals surface area (Å²) in [5.74, 6) is 0. The number of halogens is 3. The second-order valence-corrected chi connectivity index (χ2v) is 6.05. The van der Waals surface area contributed by atoms with Crippen molar-refractivity contribution < 1.29 is 4.92 Å². The van der Waals surface area contributed by atoms with E-state index in [1.165, 1.54) is 6.08 Å². The highest BCUT2D eigenvalue weighted by Crippen LogP contribution is 2.38. The molecule has 3 rings (SSSR count). The summed E-state index contributed by atoms with van der Waals surface area (Å²) in [6.07, 6.45) is 2.28. The molecular formula is C16H9Cl3N2O2. The van der Waals surface area contributed by atoms with Gasteiger partial charge in [0, 0.05) is 22.0 Å². The first-order chi connectivity index (χ1) is 11.0. The number of nitrogens with one attached hydrogen (secondary N) is 1. The van der Waals surface area contributed by atoms with Gasteiger partial charge in [-0.05, 0) is 29.8 Å². The van der Waals surface area contributed by atoms with Crippen molar-refractivity contribution in [2.24, 2.45) is 0 Å². The predicted octanol–water partition coefficient (Wildman–Crippen LogP) is 6.04. The molecule has 4 nitrogen and oxygen atoms in total. The van der Waals surface area contributed by atoms with Gasteiger partial charge in [0.15, 0.2) is 0 Å². The summed E-state index contributed by atoms with van der Waals surface area (Å²) in [6.45, 7) is 0. The van der Waals surface area contributed by atoms with Crippen molar-refractivity contribution in [1.29, 1.82) is 0 Å². The van der Waals surface area contributed by atoms with Crippen LogP contribution in [-0.4, -0.2) is 9.91 Å². The summed E-state index contributed by atoms with van der Waals surface area (Å²) >= 11 is 18.4. The maximum atomic E-state index is 10.7. The molecule has 0 atom stereocenters. The van der Waals surface area contributed by atoms with E-state index in [-0.39, 0.29) is 0 Å². The minimum absolute atomic E-state index is 0.462. The zero-order valence-corrected chi connectivity index (χ0v) is 13.8. The number of nitro groups is 1. The van der Waals surface area contributed by atoms with Gasteiger partial charge in [0.2, 0.25) is 6.20 Å². The van der Waals surface area contributed by atoms with Crippen molar-refractivity contribution in [2.75, 3.05) is 0 Å². The Morgan fingerprint density at radius 2 is 1.65 bits per heavy atom. The molecule has 0 saturated carbocycles. The van der Waals surface area contributed by atoms with E-state index in [4.69, 9.17) is 34.8 Å². The normalized spacial score (nSPS) is 11.4. The monoisotopic (exact) mass is 366 g/mol. The highest BCUT2D eigenvalue weighted by Gasteiger charge is 2.16. The molecule has 0 aliphatic heterocycles. The third-order valence-electron chi connectivity index (χ3n) is 3.39. The van der Waals surface area contributed by atoms with Gasteiger partial charge >= 0.3 is 0 Å². The van der Waals surface area contributed by atoms with Gasteiger partial charge in [-0.25, -0.2) is 0 Å². The number of benzene rings is 2. The minimum atomic E-state index is -0.525. The fraction of sp³-hybridized carbons (Fsp3) is 0. The average molecular weight is 368 g/mol. The van der Waals surface area contributed by atoms with Gasteiger partial charge in [0.05, 0.1) is 26.2 Å². The topological polar surface area (TPSA) is 58.9 Å². The average Bonchev–Trinajstić information content (AvgIpc) is 2.90. The molecule has 0 amide bonds. The molecule has 7 heteroatoms. The zero-order chi connectivity index (χ0) is 16.6. The number of hydrogen-bond donors (Lipinski definition) is 1. The van der Waals surface area contributed by atoms with Gasteiger partial charge in [0.1, 0.15) is 0 Å². The first kappa shape index (κ1) is 15.9. The summed E-state index contributed by atoms with van der Waals surface area (Å²) in [5, 5.41) is 12.9. The molecule has 0 saturated heterocycles. The van der Waals surface area contributed by atoms with Crippen LogP contribution in [0.15, 0.2) is 42.6 Å². The van der Waals surface area contributed by atoms with E-state index >= 15 is 0 Å². The Morgan fingerprint density at radius 3 is 2.30 bits per heavy atom. The number of nitrogens with zero attached hydrogens (tertiary/aromatic N) is 1. The van der Waals surface area contributed by atoms with Gasteiger partial charge < -0.3 is 4.98 Å². The van der Waals surface area contributed by atoms with Crippen molar-refractivity contribution in [3.8, 4) is 11.3 Å². The van der Waals surface area contributed by atoms with Crippen LogP contribution in [0.25, 0.3) is 28.2 Å². The smallest absolute Gasteiger partial charge is 0.235 e. The second-order valence-electron chi connectivity index (χ2n) is 4.80. The van der Waals surface area contributed by atoms with Crippen LogP contribution in [0.2, 0.25) is 15.1 Å². The minimum Gasteiger partial charge on any atom is -0.353 e. The molecule has 1 heterocycles. The van der Waals surface area contributed by atoms with Crippen LogP contribution in [0.3, 0.4) is 0 Å². The van der Waals surface area contributed by atoms with Crippen molar-refractivity contribution >= 4 is 51.8 Å². The van der Waals surface area contributed by atoms with E-state index in [2.05, 4.69) is 4.98 Å². The Kier molecular flexibility index (Phi) is 4.31. The summed E-state index contributed by atoms with van der Waals surface area (Å²) in [7, 11) is 0. The Balaban J connectivity index is 2.34. The largest absolute Gasteiger partial charge is 0.353 e. The molecule has 116 valence electrons. The molecule has 23 heavy (non-hydrogen) atoms. The highest BCUT2D eigenvalue weighted by molar-refractivity contribution is 6.40. The van der Waals surface area contributed by atoms with Crippen molar-refractivity contribution in [3.63, 3.8) is 0 Å². The number of fused-ring (bicyclic) bond motifs is 1. The maximum Gasteiger partial charge on any atom is 0.235 e. The lowest BCUT2D eigenvalue weighted by Gasteiger charge is -2.01. The van der Waals surface area contributed by atoms with Crippen LogP contribution in [0.5, 0.6) is 0 Å². The molecule has 0 unspecified atom stereocenters. The SMILES string of the molecule is O=[N+]([O-])C=Cc1c(-c2ccc(Cl)cc2)[nH]c2c(Cl)ccc(Cl)c12. The first-order valence-corrected chi connectivity index (χ1v) is 7.68. The van der Waals surface area contributed by atoms with Gasteiger partial charge in [-0.15, -0.1) is 0 Å². The van der Waals surface area contributed by atoms with Crippen molar-refractivity contribution in [2.45, 2.75) is 0 Å². The summed E-state index contributed by atoms with van der Waals surface area (Å²) < 4.78 is 0. The maximum absolute atomic E-state index is 10.7. The van der Waals surface area contributed by atoms with Crippen LogP contribution in [0.4, 0.5) is 0 Å². The molecule has 2 aromatic carbocycles. The molecule has 3 aromatic rings. The van der Waals surface area contributed by atoms with E-state index in [1.54, 1.807) is 24.3 Å². The van der Waals surface area contributed by atoms with Gasteiger partial charge in [-0.3, -0.25) is 10.1 Å². The molecule has 0 spiro atoms. The van der Waals surface area contributed by atoms with Gasteiger partial charge in [0.25, 0.3) is 0 Å². The summed E-state index contributed by atoms with van der Waals surface area (Å²) in [4.78, 5) is 13.4. The van der Waals surface area contributed by atoms with Gasteiger partial charge in [-0.1, -0.05) is 46.9 Å². The van der Waals surface area contributed by atoms with E-state index in [0.29, 0.717) is 37.2 Å². The summed E-state index contributed by atoms with van der Waals surface area (Å²) in [5.41, 5.74) is 2.74. The van der Waals surface area contributed by atoms with Crippen LogP contribution < -0.4 is 0 Å². The standard InChI is InChI=1S/C16H9Cl3N2O2/c17-10-3-1-9(2-4-10)15-11(7-8-21(22)23)14-12(18)5-6-13(19)16(14)20-15/h1-8,20H. The molecule has 0 radical (unpaired) electrons. The quantitative estimate of drug-likeness (QED) is 0.453. The highest BCUT2D eigenvalue weighted by atomic mass is 35.5. The van der Waals surface area contributed by atoms with Crippen LogP contribution >= 0.6 is 34.8 Å².